The van der Waals surface area contributed by atoms with Crippen LogP contribution in [0, 0.1) is 12.8 Å². The van der Waals surface area contributed by atoms with Gasteiger partial charge < -0.3 is 15.5 Å². The van der Waals surface area contributed by atoms with Crippen molar-refractivity contribution in [3.8, 4) is 0 Å². The number of hydrogen-bond acceptors (Lipinski definition) is 3. The first kappa shape index (κ1) is 22.0. The molecule has 148 valence electrons. The van der Waals surface area contributed by atoms with Crippen molar-refractivity contribution >= 4 is 47.0 Å². The predicted octanol–water partition coefficient (Wildman–Crippen LogP) is 4.30. The van der Waals surface area contributed by atoms with E-state index in [4.69, 9.17) is 0 Å². The molecule has 27 heavy (non-hydrogen) atoms. The number of nitrogens with zero attached hydrogens (tertiary/aromatic N) is 2. The first-order chi connectivity index (χ1) is 12.6. The fraction of sp³-hybridized carbons (Fsp3) is 0.476. The molecule has 0 saturated carbocycles. The summed E-state index contributed by atoms with van der Waals surface area (Å²) in [5, 5.41) is 7.04. The van der Waals surface area contributed by atoms with Crippen molar-refractivity contribution < 1.29 is 0 Å². The first-order valence-electron chi connectivity index (χ1n) is 9.46. The van der Waals surface area contributed by atoms with Gasteiger partial charge in [0.1, 0.15) is 0 Å². The van der Waals surface area contributed by atoms with Crippen molar-refractivity contribution in [2.24, 2.45) is 10.9 Å². The minimum Gasteiger partial charge on any atom is -0.371 e. The maximum atomic E-state index is 4.40. The second-order valence-electron chi connectivity index (χ2n) is 7.15. The van der Waals surface area contributed by atoms with E-state index in [0.29, 0.717) is 12.0 Å². The molecule has 6 heteroatoms. The van der Waals surface area contributed by atoms with Crippen LogP contribution in [0.4, 0.5) is 5.69 Å². The van der Waals surface area contributed by atoms with Crippen molar-refractivity contribution in [1.29, 1.82) is 0 Å². The van der Waals surface area contributed by atoms with Crippen LogP contribution in [0.3, 0.4) is 0 Å². The molecular formula is C21H31IN4S. The number of aliphatic imine (C=N–C) groups is 1. The van der Waals surface area contributed by atoms with Gasteiger partial charge in [0.25, 0.3) is 0 Å². The highest BCUT2D eigenvalue weighted by Gasteiger charge is 2.22. The standard InChI is InChI=1S/C21H30N4S.HI/c1-16(13-20-10-9-17(2)26-20)24-21(22-3)23-14-18-11-12-25(15-18)19-7-5-4-6-8-19;/h4-10,16,18H,11-15H2,1-3H3,(H2,22,23,24);1H. The molecule has 2 aromatic rings. The van der Waals surface area contributed by atoms with Gasteiger partial charge >= 0.3 is 0 Å². The summed E-state index contributed by atoms with van der Waals surface area (Å²) in [6.07, 6.45) is 2.26. The molecule has 0 amide bonds. The number of anilines is 1. The summed E-state index contributed by atoms with van der Waals surface area (Å²) in [6, 6.07) is 15.5. The van der Waals surface area contributed by atoms with Crippen LogP contribution in [0.15, 0.2) is 47.5 Å². The lowest BCUT2D eigenvalue weighted by Crippen LogP contribution is -2.44. The molecule has 0 bridgehead atoms. The van der Waals surface area contributed by atoms with Gasteiger partial charge in [-0.15, -0.1) is 35.3 Å². The molecule has 1 aliphatic heterocycles. The summed E-state index contributed by atoms with van der Waals surface area (Å²) < 4.78 is 0. The zero-order valence-electron chi connectivity index (χ0n) is 16.4. The van der Waals surface area contributed by atoms with E-state index < -0.39 is 0 Å². The zero-order valence-corrected chi connectivity index (χ0v) is 19.6. The normalized spacial score (nSPS) is 18.1. The van der Waals surface area contributed by atoms with E-state index in [1.54, 1.807) is 0 Å². The molecule has 1 aromatic heterocycles. The highest BCUT2D eigenvalue weighted by atomic mass is 127. The summed E-state index contributed by atoms with van der Waals surface area (Å²) in [7, 11) is 1.85. The molecule has 4 nitrogen and oxygen atoms in total. The molecule has 0 radical (unpaired) electrons. The van der Waals surface area contributed by atoms with E-state index in [1.807, 2.05) is 18.4 Å². The Labute approximate surface area is 184 Å². The van der Waals surface area contributed by atoms with Crippen molar-refractivity contribution in [3.05, 3.63) is 52.2 Å². The van der Waals surface area contributed by atoms with Gasteiger partial charge in [-0.2, -0.15) is 0 Å². The lowest BCUT2D eigenvalue weighted by molar-refractivity contribution is 0.557. The number of guanidine groups is 1. The maximum Gasteiger partial charge on any atom is 0.191 e. The molecule has 2 N–H and O–H groups in total. The van der Waals surface area contributed by atoms with Gasteiger partial charge in [-0.3, -0.25) is 4.99 Å². The Kier molecular flexibility index (Phi) is 8.89. The van der Waals surface area contributed by atoms with E-state index in [9.17, 15) is 0 Å². The highest BCUT2D eigenvalue weighted by molar-refractivity contribution is 14.0. The summed E-state index contributed by atoms with van der Waals surface area (Å²) in [6.45, 7) is 7.59. The largest absolute Gasteiger partial charge is 0.371 e. The van der Waals surface area contributed by atoms with Crippen LogP contribution in [-0.2, 0) is 6.42 Å². The van der Waals surface area contributed by atoms with E-state index >= 15 is 0 Å². The van der Waals surface area contributed by atoms with Crippen molar-refractivity contribution in [2.45, 2.75) is 32.7 Å². The molecule has 1 fully saturated rings. The number of nitrogens with one attached hydrogen (secondary N) is 2. The molecular weight excluding hydrogens is 467 g/mol. The van der Waals surface area contributed by atoms with Crippen LogP contribution >= 0.6 is 35.3 Å². The van der Waals surface area contributed by atoms with Crippen molar-refractivity contribution in [3.63, 3.8) is 0 Å². The number of thiophene rings is 1. The number of aryl methyl sites for hydroxylation is 1. The van der Waals surface area contributed by atoms with Gasteiger partial charge in [0.05, 0.1) is 0 Å². The first-order valence-corrected chi connectivity index (χ1v) is 10.3. The highest BCUT2D eigenvalue weighted by Crippen LogP contribution is 2.23. The quantitative estimate of drug-likeness (QED) is 0.355. The third-order valence-corrected chi connectivity index (χ3v) is 5.90. The molecule has 0 spiro atoms. The second-order valence-corrected chi connectivity index (χ2v) is 8.52. The lowest BCUT2D eigenvalue weighted by Gasteiger charge is -2.20. The molecule has 1 aromatic carbocycles. The van der Waals surface area contributed by atoms with Crippen LogP contribution in [-0.4, -0.2) is 38.7 Å². The van der Waals surface area contributed by atoms with Crippen LogP contribution in [0.25, 0.3) is 0 Å². The molecule has 3 rings (SSSR count). The minimum absolute atomic E-state index is 0. The summed E-state index contributed by atoms with van der Waals surface area (Å²) in [5.41, 5.74) is 1.33. The Balaban J connectivity index is 0.00000261. The molecule has 1 aliphatic rings. The smallest absolute Gasteiger partial charge is 0.191 e. The molecule has 0 aliphatic carbocycles. The third-order valence-electron chi connectivity index (χ3n) is 4.88. The Morgan fingerprint density at radius 3 is 2.70 bits per heavy atom. The number of hydrogen-bond donors (Lipinski definition) is 2. The summed E-state index contributed by atoms with van der Waals surface area (Å²) in [5.74, 6) is 1.56. The average molecular weight is 498 g/mol. The summed E-state index contributed by atoms with van der Waals surface area (Å²) in [4.78, 5) is 9.67. The number of rotatable bonds is 6. The van der Waals surface area contributed by atoms with E-state index in [1.165, 1.54) is 21.9 Å². The Bertz CT molecular complexity index is 716. The van der Waals surface area contributed by atoms with Crippen molar-refractivity contribution in [1.82, 2.24) is 10.6 Å². The van der Waals surface area contributed by atoms with Gasteiger partial charge in [0, 0.05) is 54.6 Å². The fourth-order valence-corrected chi connectivity index (χ4v) is 4.51. The van der Waals surface area contributed by atoms with E-state index in [0.717, 1.165) is 32.0 Å². The maximum absolute atomic E-state index is 4.40. The van der Waals surface area contributed by atoms with Crippen LogP contribution in [0.1, 0.15) is 23.1 Å². The van der Waals surface area contributed by atoms with Gasteiger partial charge in [-0.1, -0.05) is 18.2 Å². The van der Waals surface area contributed by atoms with Crippen LogP contribution in [0.2, 0.25) is 0 Å². The topological polar surface area (TPSA) is 39.7 Å². The monoisotopic (exact) mass is 498 g/mol. The Morgan fingerprint density at radius 1 is 1.26 bits per heavy atom. The van der Waals surface area contributed by atoms with Crippen molar-refractivity contribution in [2.75, 3.05) is 31.6 Å². The van der Waals surface area contributed by atoms with Gasteiger partial charge in [0.2, 0.25) is 0 Å². The Hall–Kier alpha value is -1.28. The predicted molar refractivity (Wildman–Crippen MR) is 129 cm³/mol. The lowest BCUT2D eigenvalue weighted by atomic mass is 10.1. The fourth-order valence-electron chi connectivity index (χ4n) is 3.49. The number of benzene rings is 1. The average Bonchev–Trinajstić information content (AvgIpc) is 3.28. The molecule has 1 saturated heterocycles. The zero-order chi connectivity index (χ0) is 18.4. The minimum atomic E-state index is 0. The summed E-state index contributed by atoms with van der Waals surface area (Å²) >= 11 is 1.88. The molecule has 2 heterocycles. The third kappa shape index (κ3) is 6.68. The van der Waals surface area contributed by atoms with Gasteiger partial charge in [-0.05, 0) is 50.5 Å². The van der Waals surface area contributed by atoms with Crippen LogP contribution < -0.4 is 15.5 Å². The number of para-hydroxylation sites is 1. The molecule has 2 unspecified atom stereocenters. The van der Waals surface area contributed by atoms with E-state index in [2.05, 4.69) is 76.8 Å². The van der Waals surface area contributed by atoms with Gasteiger partial charge in [-0.25, -0.2) is 0 Å². The molecule has 2 atom stereocenters. The SMILES string of the molecule is CN=C(NCC1CCN(c2ccccc2)C1)NC(C)Cc1ccc(C)s1.I. The second kappa shape index (κ2) is 10.9. The Morgan fingerprint density at radius 2 is 2.04 bits per heavy atom. The van der Waals surface area contributed by atoms with Gasteiger partial charge in [0.15, 0.2) is 5.96 Å². The number of halogens is 1. The van der Waals surface area contributed by atoms with Crippen LogP contribution in [0.5, 0.6) is 0 Å². The van der Waals surface area contributed by atoms with E-state index in [-0.39, 0.29) is 24.0 Å².